The van der Waals surface area contributed by atoms with Crippen LogP contribution in [-0.2, 0) is 20.1 Å². The van der Waals surface area contributed by atoms with Gasteiger partial charge in [0, 0.05) is 38.1 Å². The average Bonchev–Trinajstić information content (AvgIpc) is 3.61. The molecule has 1 fully saturated rings. The molecule has 0 bridgehead atoms. The van der Waals surface area contributed by atoms with Crippen LogP contribution >= 0.6 is 11.3 Å². The number of fused-ring (bicyclic) bond motifs is 1. The second kappa shape index (κ2) is 16.4. The zero-order chi connectivity index (χ0) is 32.7. The smallest absolute Gasteiger partial charge is 0.113 e. The molecule has 7 aromatic rings. The normalized spacial score (nSPS) is 13.0. The van der Waals surface area contributed by atoms with Gasteiger partial charge in [0.05, 0.1) is 0 Å². The van der Waals surface area contributed by atoms with E-state index in [-0.39, 0.29) is 20.1 Å². The van der Waals surface area contributed by atoms with Crippen molar-refractivity contribution >= 4 is 21.6 Å². The summed E-state index contributed by atoms with van der Waals surface area (Å²) < 4.78 is 1.18. The molecule has 0 N–H and O–H groups in total. The molecule has 1 saturated carbocycles. The minimum absolute atomic E-state index is 0. The van der Waals surface area contributed by atoms with Crippen LogP contribution < -0.4 is 0 Å². The van der Waals surface area contributed by atoms with E-state index >= 15 is 0 Å². The van der Waals surface area contributed by atoms with Gasteiger partial charge >= 0.3 is 0 Å². The maximum atomic E-state index is 5.04. The third kappa shape index (κ3) is 8.31. The molecule has 0 spiro atoms. The number of benzene rings is 4. The van der Waals surface area contributed by atoms with Crippen molar-refractivity contribution in [3.63, 3.8) is 0 Å². The first-order chi connectivity index (χ1) is 23.6. The molecule has 0 atom stereocenters. The predicted molar refractivity (Wildman–Crippen MR) is 201 cm³/mol. The Morgan fingerprint density at radius 3 is 2.16 bits per heavy atom. The number of hydrogen-bond donors (Lipinski definition) is 0. The van der Waals surface area contributed by atoms with Crippen LogP contribution in [0.1, 0.15) is 68.9 Å². The molecule has 3 heterocycles. The molecule has 5 heteroatoms. The fourth-order valence-electron chi connectivity index (χ4n) is 6.42. The summed E-state index contributed by atoms with van der Waals surface area (Å²) in [7, 11) is 0. The van der Waals surface area contributed by atoms with Crippen molar-refractivity contribution in [2.24, 2.45) is 0 Å². The topological polar surface area (TPSA) is 38.7 Å². The number of thiazole rings is 1. The molecule has 247 valence electrons. The SMILES string of the molecule is CC(C)c1ccnc(-c2[c-]c3nc(-c4ccccc4)sc3c(-c3ccc(C4CCCCC4)cc3)c2)c1.[Ir].[c-]1ccccc1-c1ccccn1. The quantitative estimate of drug-likeness (QED) is 0.157. The Balaban J connectivity index is 0.000000270. The van der Waals surface area contributed by atoms with Crippen molar-refractivity contribution in [3.8, 4) is 44.2 Å². The van der Waals surface area contributed by atoms with E-state index in [0.29, 0.717) is 11.8 Å². The number of rotatable bonds is 6. The number of nitrogens with zero attached hydrogens (tertiary/aromatic N) is 3. The van der Waals surface area contributed by atoms with Crippen molar-refractivity contribution in [2.45, 2.75) is 57.8 Å². The Labute approximate surface area is 307 Å². The van der Waals surface area contributed by atoms with Crippen molar-refractivity contribution < 1.29 is 20.1 Å². The van der Waals surface area contributed by atoms with Crippen LogP contribution in [0.4, 0.5) is 0 Å². The van der Waals surface area contributed by atoms with E-state index < -0.39 is 0 Å². The summed E-state index contributed by atoms with van der Waals surface area (Å²) in [6.45, 7) is 4.44. The van der Waals surface area contributed by atoms with E-state index in [0.717, 1.165) is 38.6 Å². The van der Waals surface area contributed by atoms with Crippen LogP contribution in [0.25, 0.3) is 54.4 Å². The van der Waals surface area contributed by atoms with Gasteiger partial charge in [-0.05, 0) is 69.5 Å². The first-order valence-electron chi connectivity index (χ1n) is 17.0. The average molecular weight is 834 g/mol. The van der Waals surface area contributed by atoms with E-state index in [1.165, 1.54) is 59.1 Å². The van der Waals surface area contributed by atoms with Gasteiger partial charge in [0.1, 0.15) is 5.01 Å². The zero-order valence-corrected chi connectivity index (χ0v) is 31.1. The van der Waals surface area contributed by atoms with E-state index in [2.05, 4.69) is 97.7 Å². The number of aromatic nitrogens is 3. The third-order valence-corrected chi connectivity index (χ3v) is 10.2. The van der Waals surface area contributed by atoms with E-state index in [9.17, 15) is 0 Å². The van der Waals surface area contributed by atoms with Crippen molar-refractivity contribution in [2.75, 3.05) is 0 Å². The summed E-state index contributed by atoms with van der Waals surface area (Å²) in [5.74, 6) is 1.16. The van der Waals surface area contributed by atoms with Crippen LogP contribution in [0, 0.1) is 12.1 Å². The molecule has 1 aliphatic carbocycles. The molecule has 1 aliphatic rings. The van der Waals surface area contributed by atoms with Gasteiger partial charge in [-0.1, -0.05) is 117 Å². The molecule has 0 unspecified atom stereocenters. The van der Waals surface area contributed by atoms with Crippen LogP contribution in [0.3, 0.4) is 0 Å². The Hall–Kier alpha value is -4.28. The first kappa shape index (κ1) is 34.6. The Morgan fingerprint density at radius 1 is 0.694 bits per heavy atom. The van der Waals surface area contributed by atoms with Crippen LogP contribution in [0.5, 0.6) is 0 Å². The molecule has 8 rings (SSSR count). The Kier molecular flexibility index (Phi) is 11.6. The van der Waals surface area contributed by atoms with E-state index in [1.54, 1.807) is 17.5 Å². The second-order valence-electron chi connectivity index (χ2n) is 12.7. The molecule has 3 nitrogen and oxygen atoms in total. The number of hydrogen-bond acceptors (Lipinski definition) is 4. The molecule has 0 saturated heterocycles. The summed E-state index contributed by atoms with van der Waals surface area (Å²) in [6, 6.07) is 46.8. The van der Waals surface area contributed by atoms with Gasteiger partial charge < -0.3 is 9.97 Å². The van der Waals surface area contributed by atoms with Crippen molar-refractivity contribution in [1.82, 2.24) is 15.0 Å². The molecule has 49 heavy (non-hydrogen) atoms. The Morgan fingerprint density at radius 2 is 1.45 bits per heavy atom. The first-order valence-corrected chi connectivity index (χ1v) is 17.8. The van der Waals surface area contributed by atoms with Gasteiger partial charge in [-0.25, -0.2) is 0 Å². The zero-order valence-electron chi connectivity index (χ0n) is 27.9. The predicted octanol–water partition coefficient (Wildman–Crippen LogP) is 12.2. The van der Waals surface area contributed by atoms with E-state index in [4.69, 9.17) is 9.97 Å². The molecule has 3 aromatic heterocycles. The fourth-order valence-corrected chi connectivity index (χ4v) is 7.48. The molecule has 1 radical (unpaired) electrons. The summed E-state index contributed by atoms with van der Waals surface area (Å²) in [5.41, 5.74) is 11.2. The standard InChI is InChI=1S/C33H31N2S.C11H8N.Ir/c1-22(2)27-17-18-34-30(20-27)28-19-29(25-15-13-24(14-16-25)23-9-5-3-6-10-23)32-31(21-28)35-33(36-32)26-11-7-4-8-12-26;1-2-6-10(7-3-1)11-8-4-5-9-12-11;/h4,7-8,11-20,22-23H,3,5-6,9-10H2,1-2H3;1-6,8-9H;/q2*-1;. The summed E-state index contributed by atoms with van der Waals surface area (Å²) in [6.07, 6.45) is 10.4. The molecule has 0 aliphatic heterocycles. The maximum Gasteiger partial charge on any atom is 0.113 e. The van der Waals surface area contributed by atoms with Gasteiger partial charge in [0.2, 0.25) is 0 Å². The van der Waals surface area contributed by atoms with Gasteiger partial charge in [0.15, 0.2) is 0 Å². The summed E-state index contributed by atoms with van der Waals surface area (Å²) >= 11 is 1.75. The van der Waals surface area contributed by atoms with Crippen LogP contribution in [0.2, 0.25) is 0 Å². The van der Waals surface area contributed by atoms with Crippen LogP contribution in [0.15, 0.2) is 128 Å². The monoisotopic (exact) mass is 834 g/mol. The minimum Gasteiger partial charge on any atom is -0.305 e. The van der Waals surface area contributed by atoms with Crippen molar-refractivity contribution in [1.29, 1.82) is 0 Å². The molecular weight excluding hydrogens is 795 g/mol. The van der Waals surface area contributed by atoms with E-state index in [1.807, 2.05) is 54.7 Å². The molecule has 4 aromatic carbocycles. The molecule has 0 amide bonds. The third-order valence-electron chi connectivity index (χ3n) is 9.11. The number of pyridine rings is 2. The minimum atomic E-state index is 0. The van der Waals surface area contributed by atoms with Gasteiger partial charge in [-0.3, -0.25) is 4.98 Å². The summed E-state index contributed by atoms with van der Waals surface area (Å²) in [4.78, 5) is 14.0. The Bertz CT molecular complexity index is 2030. The second-order valence-corrected chi connectivity index (χ2v) is 13.7. The van der Waals surface area contributed by atoms with Crippen molar-refractivity contribution in [3.05, 3.63) is 151 Å². The van der Waals surface area contributed by atoms with Crippen LogP contribution in [-0.4, -0.2) is 15.0 Å². The fraction of sp³-hybridized carbons (Fsp3) is 0.205. The molecular formula is C44H39IrN3S-2. The summed E-state index contributed by atoms with van der Waals surface area (Å²) in [5, 5.41) is 1.03. The largest absolute Gasteiger partial charge is 0.305 e. The van der Waals surface area contributed by atoms with Gasteiger partial charge in [0.25, 0.3) is 0 Å². The maximum absolute atomic E-state index is 5.04. The van der Waals surface area contributed by atoms with Gasteiger partial charge in [-0.2, -0.15) is 11.3 Å². The van der Waals surface area contributed by atoms with Gasteiger partial charge in [-0.15, -0.1) is 53.6 Å².